The maximum atomic E-state index is 12.3. The van der Waals surface area contributed by atoms with E-state index >= 15 is 0 Å². The summed E-state index contributed by atoms with van der Waals surface area (Å²) >= 11 is 0. The van der Waals surface area contributed by atoms with Gasteiger partial charge >= 0.3 is 0 Å². The molecule has 1 aromatic heterocycles. The van der Waals surface area contributed by atoms with E-state index < -0.39 is 10.0 Å². The fraction of sp³-hybridized carbons (Fsp3) is 0.583. The van der Waals surface area contributed by atoms with Gasteiger partial charge < -0.3 is 14.2 Å². The molecule has 0 saturated carbocycles. The summed E-state index contributed by atoms with van der Waals surface area (Å²) in [4.78, 5) is 13.7. The van der Waals surface area contributed by atoms with Gasteiger partial charge in [-0.15, -0.1) is 0 Å². The number of aromatic nitrogens is 1. The van der Waals surface area contributed by atoms with Gasteiger partial charge in [0.25, 0.3) is 5.91 Å². The molecule has 0 saturated heterocycles. The lowest BCUT2D eigenvalue weighted by molar-refractivity contribution is 0.0733. The van der Waals surface area contributed by atoms with E-state index in [1.54, 1.807) is 18.7 Å². The minimum absolute atomic E-state index is 0.0468. The summed E-state index contributed by atoms with van der Waals surface area (Å²) in [5.74, 6) is -0.259. The zero-order valence-corrected chi connectivity index (χ0v) is 12.8. The van der Waals surface area contributed by atoms with Crippen LogP contribution in [0.2, 0.25) is 0 Å². The lowest BCUT2D eigenvalue weighted by atomic mass is 10.3. The number of carbonyl (C=O) groups is 1. The molecule has 0 aromatic carbocycles. The Hall–Kier alpha value is -1.38. The summed E-state index contributed by atoms with van der Waals surface area (Å²) in [6.45, 7) is 3.34. The Kier molecular flexibility index (Phi) is 5.73. The Bertz CT molecular complexity index is 565. The highest BCUT2D eigenvalue weighted by Crippen LogP contribution is 2.15. The number of rotatable bonds is 7. The Morgan fingerprint density at radius 3 is 2.65 bits per heavy atom. The summed E-state index contributed by atoms with van der Waals surface area (Å²) in [6.07, 6.45) is 2.18. The van der Waals surface area contributed by atoms with Gasteiger partial charge in [-0.3, -0.25) is 4.79 Å². The molecule has 0 fully saturated rings. The van der Waals surface area contributed by atoms with E-state index in [1.165, 1.54) is 17.2 Å². The van der Waals surface area contributed by atoms with Gasteiger partial charge in [0, 0.05) is 33.4 Å². The van der Waals surface area contributed by atoms with E-state index in [0.29, 0.717) is 25.4 Å². The molecule has 8 heteroatoms. The second-order valence-corrected chi connectivity index (χ2v) is 6.08. The number of hydrogen-bond acceptors (Lipinski definition) is 4. The van der Waals surface area contributed by atoms with E-state index in [-0.39, 0.29) is 10.8 Å². The lowest BCUT2D eigenvalue weighted by Gasteiger charge is -2.17. The first-order valence-corrected chi connectivity index (χ1v) is 7.83. The van der Waals surface area contributed by atoms with Crippen LogP contribution in [0.5, 0.6) is 0 Å². The van der Waals surface area contributed by atoms with E-state index in [1.807, 2.05) is 6.92 Å². The molecule has 0 bridgehead atoms. The molecule has 0 aliphatic rings. The predicted molar refractivity (Wildman–Crippen MR) is 74.9 cm³/mol. The van der Waals surface area contributed by atoms with Crippen LogP contribution in [0.25, 0.3) is 0 Å². The van der Waals surface area contributed by atoms with E-state index in [9.17, 15) is 13.2 Å². The minimum atomic E-state index is -3.82. The van der Waals surface area contributed by atoms with Crippen molar-refractivity contribution >= 4 is 15.9 Å². The normalized spacial score (nSPS) is 11.6. The summed E-state index contributed by atoms with van der Waals surface area (Å²) in [5.41, 5.74) is 0.314. The molecule has 1 heterocycles. The van der Waals surface area contributed by atoms with E-state index in [0.717, 1.165) is 6.42 Å². The SMILES string of the molecule is CCCn1cc(S(N)(=O)=O)cc1C(=O)N(C)CCOC. The number of hydrogen-bond donors (Lipinski definition) is 1. The van der Waals surface area contributed by atoms with Gasteiger partial charge in [-0.25, -0.2) is 13.6 Å². The van der Waals surface area contributed by atoms with Crippen LogP contribution in [0.15, 0.2) is 17.2 Å². The minimum Gasteiger partial charge on any atom is -0.383 e. The Balaban J connectivity index is 3.08. The second-order valence-electron chi connectivity index (χ2n) is 4.52. The summed E-state index contributed by atoms with van der Waals surface area (Å²) < 4.78 is 29.3. The van der Waals surface area contributed by atoms with Crippen molar-refractivity contribution < 1.29 is 17.9 Å². The Morgan fingerprint density at radius 1 is 1.50 bits per heavy atom. The number of methoxy groups -OCH3 is 1. The quantitative estimate of drug-likeness (QED) is 0.782. The molecule has 7 nitrogen and oxygen atoms in total. The third-order valence-corrected chi connectivity index (χ3v) is 3.74. The van der Waals surface area contributed by atoms with Gasteiger partial charge in [0.15, 0.2) is 0 Å². The number of amides is 1. The van der Waals surface area contributed by atoms with Gasteiger partial charge in [0.05, 0.1) is 6.61 Å². The molecule has 0 unspecified atom stereocenters. The van der Waals surface area contributed by atoms with Crippen molar-refractivity contribution in [2.75, 3.05) is 27.3 Å². The highest BCUT2D eigenvalue weighted by molar-refractivity contribution is 7.89. The first-order valence-electron chi connectivity index (χ1n) is 6.28. The molecule has 20 heavy (non-hydrogen) atoms. The number of sulfonamides is 1. The van der Waals surface area contributed by atoms with Crippen molar-refractivity contribution in [1.29, 1.82) is 0 Å². The van der Waals surface area contributed by atoms with Crippen LogP contribution < -0.4 is 5.14 Å². The fourth-order valence-corrected chi connectivity index (χ4v) is 2.32. The third-order valence-electron chi connectivity index (χ3n) is 2.86. The third kappa shape index (κ3) is 4.06. The monoisotopic (exact) mass is 303 g/mol. The Labute approximate surface area is 119 Å². The second kappa shape index (κ2) is 6.87. The number of aryl methyl sites for hydroxylation is 1. The molecule has 0 atom stereocenters. The molecule has 0 radical (unpaired) electrons. The molecule has 2 N–H and O–H groups in total. The summed E-state index contributed by atoms with van der Waals surface area (Å²) in [7, 11) is -0.622. The maximum absolute atomic E-state index is 12.3. The molecule has 1 amide bonds. The van der Waals surface area contributed by atoms with Gasteiger partial charge in [-0.2, -0.15) is 0 Å². The number of nitrogens with zero attached hydrogens (tertiary/aromatic N) is 2. The van der Waals surface area contributed by atoms with Crippen molar-refractivity contribution in [2.24, 2.45) is 5.14 Å². The maximum Gasteiger partial charge on any atom is 0.270 e. The van der Waals surface area contributed by atoms with Gasteiger partial charge in [0.1, 0.15) is 10.6 Å². The lowest BCUT2D eigenvalue weighted by Crippen LogP contribution is -2.31. The highest BCUT2D eigenvalue weighted by atomic mass is 32.2. The van der Waals surface area contributed by atoms with Crippen molar-refractivity contribution in [3.8, 4) is 0 Å². The van der Waals surface area contributed by atoms with Crippen molar-refractivity contribution in [1.82, 2.24) is 9.47 Å². The summed E-state index contributed by atoms with van der Waals surface area (Å²) in [5, 5.41) is 5.11. The van der Waals surface area contributed by atoms with Crippen LogP contribution in [-0.4, -0.2) is 51.1 Å². The molecule has 114 valence electrons. The zero-order chi connectivity index (χ0) is 15.3. The highest BCUT2D eigenvalue weighted by Gasteiger charge is 2.21. The first kappa shape index (κ1) is 16.7. The average molecular weight is 303 g/mol. The van der Waals surface area contributed by atoms with Crippen LogP contribution in [-0.2, 0) is 21.3 Å². The average Bonchev–Trinajstić information content (AvgIpc) is 2.79. The predicted octanol–water partition coefficient (Wildman–Crippen LogP) is 0.264. The van der Waals surface area contributed by atoms with E-state index in [2.05, 4.69) is 0 Å². The molecule has 1 rings (SSSR count). The molecule has 0 aliphatic heterocycles. The smallest absolute Gasteiger partial charge is 0.270 e. The van der Waals surface area contributed by atoms with Gasteiger partial charge in [-0.1, -0.05) is 6.92 Å². The fourth-order valence-electron chi connectivity index (χ4n) is 1.77. The molecular weight excluding hydrogens is 282 g/mol. The number of ether oxygens (including phenoxy) is 1. The Morgan fingerprint density at radius 2 is 2.15 bits per heavy atom. The molecular formula is C12H21N3O4S. The van der Waals surface area contributed by atoms with Crippen molar-refractivity contribution in [3.05, 3.63) is 18.0 Å². The topological polar surface area (TPSA) is 94.6 Å². The van der Waals surface area contributed by atoms with Crippen molar-refractivity contribution in [2.45, 2.75) is 24.8 Å². The van der Waals surface area contributed by atoms with Gasteiger partial charge in [-0.05, 0) is 12.5 Å². The largest absolute Gasteiger partial charge is 0.383 e. The van der Waals surface area contributed by atoms with Crippen LogP contribution in [0.4, 0.5) is 0 Å². The van der Waals surface area contributed by atoms with Crippen LogP contribution in [0.3, 0.4) is 0 Å². The number of likely N-dealkylation sites (N-methyl/N-ethyl adjacent to an activating group) is 1. The standard InChI is InChI=1S/C12H21N3O4S/c1-4-5-15-9-10(20(13,17)18)8-11(15)12(16)14(2)6-7-19-3/h8-9H,4-7H2,1-3H3,(H2,13,17,18). The number of nitrogens with two attached hydrogens (primary N) is 1. The zero-order valence-electron chi connectivity index (χ0n) is 12.0. The van der Waals surface area contributed by atoms with Gasteiger partial charge in [0.2, 0.25) is 10.0 Å². The van der Waals surface area contributed by atoms with Crippen molar-refractivity contribution in [3.63, 3.8) is 0 Å². The molecule has 0 aliphatic carbocycles. The van der Waals surface area contributed by atoms with E-state index in [4.69, 9.17) is 9.88 Å². The van der Waals surface area contributed by atoms with Crippen LogP contribution in [0, 0.1) is 0 Å². The van der Waals surface area contributed by atoms with Crippen LogP contribution in [0.1, 0.15) is 23.8 Å². The molecule has 0 spiro atoms. The van der Waals surface area contributed by atoms with Crippen LogP contribution >= 0.6 is 0 Å². The molecule has 1 aromatic rings. The summed E-state index contributed by atoms with van der Waals surface area (Å²) in [6, 6.07) is 1.32. The number of carbonyl (C=O) groups excluding carboxylic acids is 1. The first-order chi connectivity index (χ1) is 9.31. The number of primary sulfonamides is 1.